The Bertz CT molecular complexity index is 2570. The Morgan fingerprint density at radius 2 is 1.24 bits per heavy atom. The number of amides is 4. The summed E-state index contributed by atoms with van der Waals surface area (Å²) in [6.45, 7) is 2.49. The van der Waals surface area contributed by atoms with Crippen LogP contribution in [0.2, 0.25) is 0 Å². The second kappa shape index (κ2) is 28.7. The number of nitrogens with one attached hydrogen (secondary N) is 4. The first-order chi connectivity index (χ1) is 35.0. The minimum Gasteiger partial charge on any atom is -0.480 e. The zero-order chi connectivity index (χ0) is 54.5. The molecule has 0 spiro atoms. The summed E-state index contributed by atoms with van der Waals surface area (Å²) >= 11 is 1.41. The molecule has 1 heterocycles. The average Bonchev–Trinajstić information content (AvgIpc) is 3.33. The fraction of sp³-hybridized carbons (Fsp3) is 0.426. The number of nitrogens with two attached hydrogens (primary N) is 1. The van der Waals surface area contributed by atoms with Crippen molar-refractivity contribution in [2.75, 3.05) is 31.7 Å². The minimum atomic E-state index is -4.95. The number of carboxylic acid groups (broad SMARTS) is 1. The van der Waals surface area contributed by atoms with E-state index in [-0.39, 0.29) is 30.8 Å². The van der Waals surface area contributed by atoms with E-state index in [1.165, 1.54) is 60.3 Å². The molecule has 27 heteroatoms. The zero-order valence-electron chi connectivity index (χ0n) is 40.7. The van der Waals surface area contributed by atoms with Crippen LogP contribution in [0.1, 0.15) is 45.2 Å². The Balaban J connectivity index is 1.33. The molecule has 0 bridgehead atoms. The van der Waals surface area contributed by atoms with E-state index in [2.05, 4.69) is 21.3 Å². The van der Waals surface area contributed by atoms with Crippen LogP contribution in [0.25, 0.3) is 0 Å². The topological polar surface area (TPSA) is 356 Å². The van der Waals surface area contributed by atoms with Crippen molar-refractivity contribution in [3.05, 3.63) is 90.0 Å². The first-order valence-electron chi connectivity index (χ1n) is 22.5. The first kappa shape index (κ1) is 59.1. The van der Waals surface area contributed by atoms with Gasteiger partial charge in [-0.2, -0.15) is 11.8 Å². The monoisotopic (exact) mass is 1080 g/mol. The number of rotatable bonds is 27. The van der Waals surface area contributed by atoms with Gasteiger partial charge in [-0.15, -0.1) is 8.42 Å². The van der Waals surface area contributed by atoms with Crippen LogP contribution in [0.5, 0.6) is 17.2 Å². The van der Waals surface area contributed by atoms with E-state index < -0.39 is 138 Å². The molecule has 402 valence electrons. The number of aliphatic carboxylic acids is 1. The lowest BCUT2D eigenvalue weighted by atomic mass is 9.98. The van der Waals surface area contributed by atoms with Crippen molar-refractivity contribution in [1.29, 1.82) is 0 Å². The normalized spacial score (nSPS) is 18.3. The van der Waals surface area contributed by atoms with Crippen LogP contribution >= 0.6 is 11.8 Å². The van der Waals surface area contributed by atoms with Crippen LogP contribution in [0.3, 0.4) is 0 Å². The summed E-state index contributed by atoms with van der Waals surface area (Å²) in [4.78, 5) is 111. The van der Waals surface area contributed by atoms with Gasteiger partial charge in [0.2, 0.25) is 36.0 Å². The molecule has 25 nitrogen and oxygen atoms in total. The Morgan fingerprint density at radius 3 is 1.85 bits per heavy atom. The molecule has 1 aliphatic heterocycles. The van der Waals surface area contributed by atoms with E-state index in [4.69, 9.17) is 42.5 Å². The van der Waals surface area contributed by atoms with Crippen molar-refractivity contribution in [3.8, 4) is 17.2 Å². The number of hydrogen-bond acceptors (Lipinski definition) is 21. The van der Waals surface area contributed by atoms with Gasteiger partial charge in [0.1, 0.15) is 30.5 Å². The molecule has 0 saturated carbocycles. The van der Waals surface area contributed by atoms with Gasteiger partial charge in [-0.05, 0) is 60.2 Å². The quantitative estimate of drug-likeness (QED) is 0.0432. The van der Waals surface area contributed by atoms with E-state index in [0.717, 1.165) is 27.7 Å². The minimum absolute atomic E-state index is 0.0279. The van der Waals surface area contributed by atoms with Gasteiger partial charge in [0.05, 0.1) is 19.1 Å². The van der Waals surface area contributed by atoms with Gasteiger partial charge < -0.3 is 68.9 Å². The molecule has 74 heavy (non-hydrogen) atoms. The third-order valence-electron chi connectivity index (χ3n) is 10.2. The largest absolute Gasteiger partial charge is 0.501 e. The van der Waals surface area contributed by atoms with E-state index in [0.29, 0.717) is 16.9 Å². The molecule has 8 atom stereocenters. The van der Waals surface area contributed by atoms with E-state index in [1.807, 2.05) is 0 Å². The van der Waals surface area contributed by atoms with Crippen LogP contribution in [0.4, 0.5) is 0 Å². The number of hydrogen-bond donors (Lipinski definition) is 6. The molecule has 4 amide bonds. The van der Waals surface area contributed by atoms with Crippen molar-refractivity contribution in [1.82, 2.24) is 21.3 Å². The summed E-state index contributed by atoms with van der Waals surface area (Å²) in [5.41, 5.74) is 7.20. The van der Waals surface area contributed by atoms with Gasteiger partial charge >= 0.3 is 40.2 Å². The van der Waals surface area contributed by atoms with Crippen LogP contribution in [-0.4, -0.2) is 148 Å². The van der Waals surface area contributed by atoms with Crippen LogP contribution in [0, 0.1) is 0 Å². The summed E-state index contributed by atoms with van der Waals surface area (Å²) in [7, 11) is -4.95. The predicted octanol–water partition coefficient (Wildman–Crippen LogP) is 0.00330. The van der Waals surface area contributed by atoms with E-state index >= 15 is 0 Å². The summed E-state index contributed by atoms with van der Waals surface area (Å²) in [5.74, 6) is -8.22. The van der Waals surface area contributed by atoms with Crippen LogP contribution in [0.15, 0.2) is 78.9 Å². The van der Waals surface area contributed by atoms with E-state index in [1.54, 1.807) is 36.6 Å². The second-order valence-electron chi connectivity index (χ2n) is 16.1. The standard InChI is InChI=1S/C47H57N5O20S2/c1-26(53)65-25-38-41(66-27(2)54)42(67-28(3)55)43(68-29(4)56)47(70-38)69-36-13-9-10-14-37(36)72-74(63,64)71-32-17-15-31(16-18-32)21-33(48)44(59)50-23-39(57)49-24-40(58)51-35(22-30-11-7-6-8-12-30)45(60)52-34(46(61)62)19-20-73-5/h6-18,33-35,38,41-43,47H,19-25,48H2,1-5H3,(H,49,57)(H,50,59)(H,51,58)(H,52,60)(H,61,62)/t33-,34-,35-,38+,41-,42-,43+,47?/m0/s1. The van der Waals surface area contributed by atoms with Gasteiger partial charge in [-0.25, -0.2) is 4.79 Å². The van der Waals surface area contributed by atoms with Crippen molar-refractivity contribution in [2.24, 2.45) is 5.73 Å². The molecule has 4 rings (SSSR count). The Labute approximate surface area is 429 Å². The number of para-hydroxylation sites is 2. The number of esters is 4. The Hall–Kier alpha value is -7.49. The SMILES string of the molecule is CSCC[C@H](NC(=O)[C@H](Cc1ccccc1)NC(=O)CNC(=O)CNC(=O)[C@@H](N)Cc1ccc(OS(=O)(=O)Oc2ccccc2OC2O[C@H](COC(C)=O)[C@H](OC(C)=O)[C@H](OC(C)=O)[C@H]2OC(C)=O)cc1)C(=O)O. The van der Waals surface area contributed by atoms with Gasteiger partial charge in [0, 0.05) is 34.1 Å². The van der Waals surface area contributed by atoms with Gasteiger partial charge in [0.15, 0.2) is 23.7 Å². The van der Waals surface area contributed by atoms with Crippen LogP contribution < -0.4 is 40.1 Å². The first-order valence-corrected chi connectivity index (χ1v) is 25.2. The maximum atomic E-state index is 13.2. The molecule has 0 aliphatic carbocycles. The number of ether oxygens (including phenoxy) is 6. The fourth-order valence-electron chi connectivity index (χ4n) is 6.91. The van der Waals surface area contributed by atoms with Gasteiger partial charge in [0.25, 0.3) is 0 Å². The predicted molar refractivity (Wildman–Crippen MR) is 258 cm³/mol. The third kappa shape index (κ3) is 19.8. The smallest absolute Gasteiger partial charge is 0.480 e. The molecular formula is C47H57N5O20S2. The van der Waals surface area contributed by atoms with Crippen LogP contribution in [-0.2, 0) is 90.1 Å². The molecule has 1 fully saturated rings. The zero-order valence-corrected chi connectivity index (χ0v) is 42.3. The molecule has 0 radical (unpaired) electrons. The summed E-state index contributed by atoms with van der Waals surface area (Å²) < 4.78 is 69.9. The number of carboxylic acids is 1. The van der Waals surface area contributed by atoms with Gasteiger partial charge in [-0.3, -0.25) is 38.4 Å². The molecule has 1 saturated heterocycles. The number of carbonyl (C=O) groups is 9. The second-order valence-corrected chi connectivity index (χ2v) is 18.3. The highest BCUT2D eigenvalue weighted by molar-refractivity contribution is 7.98. The lowest BCUT2D eigenvalue weighted by molar-refractivity contribution is -0.288. The molecule has 0 aromatic heterocycles. The highest BCUT2D eigenvalue weighted by atomic mass is 32.3. The highest BCUT2D eigenvalue weighted by Crippen LogP contribution is 2.35. The Kier molecular flexibility index (Phi) is 22.9. The Morgan fingerprint density at radius 1 is 0.662 bits per heavy atom. The molecule has 3 aromatic carbocycles. The molecular weight excluding hydrogens is 1020 g/mol. The maximum Gasteiger partial charge on any atom is 0.501 e. The lowest BCUT2D eigenvalue weighted by Crippen LogP contribution is -2.63. The average molecular weight is 1080 g/mol. The maximum absolute atomic E-state index is 13.2. The third-order valence-corrected chi connectivity index (χ3v) is 11.6. The van der Waals surface area contributed by atoms with Gasteiger partial charge in [-0.1, -0.05) is 54.6 Å². The summed E-state index contributed by atoms with van der Waals surface area (Å²) in [6, 6.07) is 15.6. The number of benzene rings is 3. The lowest BCUT2D eigenvalue weighted by Gasteiger charge is -2.43. The summed E-state index contributed by atoms with van der Waals surface area (Å²) in [5, 5.41) is 19.3. The van der Waals surface area contributed by atoms with Crippen molar-refractivity contribution in [3.63, 3.8) is 0 Å². The number of carbonyl (C=O) groups excluding carboxylic acids is 8. The molecule has 7 N–H and O–H groups in total. The van der Waals surface area contributed by atoms with Crippen molar-refractivity contribution < 1.29 is 93.5 Å². The molecule has 3 aromatic rings. The number of thioether (sulfide) groups is 1. The highest BCUT2D eigenvalue weighted by Gasteiger charge is 2.53. The fourth-order valence-corrected chi connectivity index (χ4v) is 8.12. The molecule has 1 unspecified atom stereocenters. The van der Waals surface area contributed by atoms with E-state index in [9.17, 15) is 56.7 Å². The molecule has 1 aliphatic rings. The summed E-state index contributed by atoms with van der Waals surface area (Å²) in [6.07, 6.45) is -5.94. The van der Waals surface area contributed by atoms with Crippen molar-refractivity contribution >= 4 is 75.6 Å². The van der Waals surface area contributed by atoms with Crippen molar-refractivity contribution in [2.45, 2.75) is 95.8 Å².